The molecule has 0 aliphatic carbocycles. The number of nitrogens with zero attached hydrogens (tertiary/aromatic N) is 1. The van der Waals surface area contributed by atoms with Crippen molar-refractivity contribution >= 4 is 0 Å². The minimum atomic E-state index is -4.25. The summed E-state index contributed by atoms with van der Waals surface area (Å²) >= 11 is 0. The maximum absolute atomic E-state index is 12.1. The molecular weight excluding hydrogens is 281 g/mol. The molecule has 0 aliphatic rings. The van der Waals surface area contributed by atoms with Gasteiger partial charge in [-0.15, -0.1) is 0 Å². The molecule has 116 valence electrons. The summed E-state index contributed by atoms with van der Waals surface area (Å²) in [6.07, 6.45) is -4.46. The van der Waals surface area contributed by atoms with Crippen molar-refractivity contribution in [1.82, 2.24) is 5.32 Å². The standard InChI is InChI=1S/C15H19F3N2O/c1-2-9-20-14(11-19,13-6-4-3-5-7-13)12-21-10-8-15(16,17)18/h3-7,20H,2,8-10,12H2,1H3. The molecule has 1 atom stereocenters. The molecule has 0 bridgehead atoms. The van der Waals surface area contributed by atoms with Gasteiger partial charge in [0.1, 0.15) is 0 Å². The second-order valence-electron chi connectivity index (χ2n) is 4.73. The van der Waals surface area contributed by atoms with Crippen LogP contribution in [0.15, 0.2) is 30.3 Å². The zero-order valence-electron chi connectivity index (χ0n) is 11.9. The number of benzene rings is 1. The first-order valence-electron chi connectivity index (χ1n) is 6.80. The number of ether oxygens (including phenoxy) is 1. The van der Waals surface area contributed by atoms with Gasteiger partial charge < -0.3 is 4.74 Å². The lowest BCUT2D eigenvalue weighted by Gasteiger charge is -2.28. The average Bonchev–Trinajstić information content (AvgIpc) is 2.47. The second-order valence-corrected chi connectivity index (χ2v) is 4.73. The molecule has 0 radical (unpaired) electrons. The summed E-state index contributed by atoms with van der Waals surface area (Å²) in [6, 6.07) is 11.1. The SMILES string of the molecule is CCCNC(C#N)(COCCC(F)(F)F)c1ccccc1. The van der Waals surface area contributed by atoms with Gasteiger partial charge in [-0.3, -0.25) is 5.32 Å². The molecule has 0 aliphatic heterocycles. The third-order valence-electron chi connectivity index (χ3n) is 2.98. The van der Waals surface area contributed by atoms with Crippen LogP contribution in [0, 0.1) is 11.3 Å². The molecule has 0 spiro atoms. The van der Waals surface area contributed by atoms with E-state index in [1.54, 1.807) is 24.3 Å². The molecule has 6 heteroatoms. The molecule has 0 amide bonds. The van der Waals surface area contributed by atoms with Gasteiger partial charge >= 0.3 is 6.18 Å². The second kappa shape index (κ2) is 8.01. The van der Waals surface area contributed by atoms with Gasteiger partial charge in [0.05, 0.1) is 25.7 Å². The average molecular weight is 300 g/mol. The molecule has 1 N–H and O–H groups in total. The van der Waals surface area contributed by atoms with Gasteiger partial charge in [0.15, 0.2) is 5.54 Å². The molecule has 1 aromatic rings. The number of hydrogen-bond acceptors (Lipinski definition) is 3. The Labute approximate surface area is 122 Å². The monoisotopic (exact) mass is 300 g/mol. The number of rotatable bonds is 8. The van der Waals surface area contributed by atoms with E-state index < -0.39 is 24.7 Å². The Morgan fingerprint density at radius 3 is 2.43 bits per heavy atom. The van der Waals surface area contributed by atoms with Gasteiger partial charge in [-0.05, 0) is 18.5 Å². The molecule has 0 heterocycles. The fourth-order valence-electron chi connectivity index (χ4n) is 1.85. The van der Waals surface area contributed by atoms with E-state index >= 15 is 0 Å². The number of halogens is 3. The highest BCUT2D eigenvalue weighted by Crippen LogP contribution is 2.23. The predicted octanol–water partition coefficient (Wildman–Crippen LogP) is 3.37. The first-order valence-corrected chi connectivity index (χ1v) is 6.80. The fourth-order valence-corrected chi connectivity index (χ4v) is 1.85. The highest BCUT2D eigenvalue weighted by Gasteiger charge is 2.33. The Balaban J connectivity index is 2.75. The molecule has 1 unspecified atom stereocenters. The lowest BCUT2D eigenvalue weighted by Crippen LogP contribution is -2.45. The molecule has 1 rings (SSSR count). The van der Waals surface area contributed by atoms with Crippen molar-refractivity contribution in [3.05, 3.63) is 35.9 Å². The molecular formula is C15H19F3N2O. The zero-order valence-corrected chi connectivity index (χ0v) is 11.9. The van der Waals surface area contributed by atoms with E-state index in [9.17, 15) is 18.4 Å². The highest BCUT2D eigenvalue weighted by molar-refractivity contribution is 5.31. The van der Waals surface area contributed by atoms with E-state index in [1.807, 2.05) is 13.0 Å². The van der Waals surface area contributed by atoms with Crippen LogP contribution in [0.25, 0.3) is 0 Å². The summed E-state index contributed by atoms with van der Waals surface area (Å²) in [4.78, 5) is 0. The Kier molecular flexibility index (Phi) is 6.66. The normalized spacial score (nSPS) is 14.4. The van der Waals surface area contributed by atoms with Gasteiger partial charge in [0.25, 0.3) is 0 Å². The molecule has 0 saturated heterocycles. The van der Waals surface area contributed by atoms with Crippen LogP contribution < -0.4 is 5.32 Å². The van der Waals surface area contributed by atoms with E-state index in [4.69, 9.17) is 4.74 Å². The van der Waals surface area contributed by atoms with Crippen LogP contribution in [-0.2, 0) is 10.3 Å². The summed E-state index contributed by atoms with van der Waals surface area (Å²) in [5.74, 6) is 0. The van der Waals surface area contributed by atoms with Crippen molar-refractivity contribution in [2.75, 3.05) is 19.8 Å². The van der Waals surface area contributed by atoms with Crippen LogP contribution in [0.2, 0.25) is 0 Å². The minimum absolute atomic E-state index is 0.121. The largest absolute Gasteiger partial charge is 0.391 e. The van der Waals surface area contributed by atoms with E-state index in [2.05, 4.69) is 11.4 Å². The van der Waals surface area contributed by atoms with E-state index in [1.165, 1.54) is 0 Å². The molecule has 3 nitrogen and oxygen atoms in total. The summed E-state index contributed by atoms with van der Waals surface area (Å²) in [6.45, 7) is 1.95. The molecule has 1 aromatic carbocycles. The Hall–Kier alpha value is -1.58. The smallest absolute Gasteiger partial charge is 0.378 e. The van der Waals surface area contributed by atoms with E-state index in [-0.39, 0.29) is 6.61 Å². The molecule has 0 aromatic heterocycles. The van der Waals surface area contributed by atoms with Crippen LogP contribution in [0.1, 0.15) is 25.3 Å². The van der Waals surface area contributed by atoms with Crippen molar-refractivity contribution in [3.8, 4) is 6.07 Å². The summed E-state index contributed by atoms with van der Waals surface area (Å²) in [5.41, 5.74) is -0.434. The number of hydrogen-bond donors (Lipinski definition) is 1. The minimum Gasteiger partial charge on any atom is -0.378 e. The lowest BCUT2D eigenvalue weighted by atomic mass is 9.92. The Morgan fingerprint density at radius 1 is 1.24 bits per heavy atom. The first-order chi connectivity index (χ1) is 9.93. The number of nitriles is 1. The van der Waals surface area contributed by atoms with Gasteiger partial charge in [0.2, 0.25) is 0 Å². The van der Waals surface area contributed by atoms with Crippen LogP contribution in [0.5, 0.6) is 0 Å². The van der Waals surface area contributed by atoms with Crippen LogP contribution >= 0.6 is 0 Å². The summed E-state index contributed by atoms with van der Waals surface area (Å²) in [5, 5.41) is 12.6. The summed E-state index contributed by atoms with van der Waals surface area (Å²) in [7, 11) is 0. The maximum atomic E-state index is 12.1. The van der Waals surface area contributed by atoms with E-state index in [0.29, 0.717) is 12.1 Å². The van der Waals surface area contributed by atoms with Crippen LogP contribution in [0.3, 0.4) is 0 Å². The van der Waals surface area contributed by atoms with Crippen molar-refractivity contribution in [2.24, 2.45) is 0 Å². The van der Waals surface area contributed by atoms with Crippen LogP contribution in [0.4, 0.5) is 13.2 Å². The number of alkyl halides is 3. The topological polar surface area (TPSA) is 45.0 Å². The van der Waals surface area contributed by atoms with Gasteiger partial charge in [-0.25, -0.2) is 0 Å². The van der Waals surface area contributed by atoms with Crippen molar-refractivity contribution in [3.63, 3.8) is 0 Å². The third kappa shape index (κ3) is 5.74. The van der Waals surface area contributed by atoms with Crippen molar-refractivity contribution < 1.29 is 17.9 Å². The fraction of sp³-hybridized carbons (Fsp3) is 0.533. The quantitative estimate of drug-likeness (QED) is 0.749. The third-order valence-corrected chi connectivity index (χ3v) is 2.98. The summed E-state index contributed by atoms with van der Waals surface area (Å²) < 4.78 is 41.5. The molecule has 0 saturated carbocycles. The first kappa shape index (κ1) is 17.5. The molecule has 21 heavy (non-hydrogen) atoms. The van der Waals surface area contributed by atoms with Gasteiger partial charge in [-0.2, -0.15) is 18.4 Å². The Bertz CT molecular complexity index is 456. The number of nitrogens with one attached hydrogen (secondary N) is 1. The van der Waals surface area contributed by atoms with Gasteiger partial charge in [0, 0.05) is 0 Å². The molecule has 0 fully saturated rings. The highest BCUT2D eigenvalue weighted by atomic mass is 19.4. The van der Waals surface area contributed by atoms with Crippen molar-refractivity contribution in [1.29, 1.82) is 5.26 Å². The van der Waals surface area contributed by atoms with Crippen LogP contribution in [-0.4, -0.2) is 25.9 Å². The van der Waals surface area contributed by atoms with Gasteiger partial charge in [-0.1, -0.05) is 37.3 Å². The van der Waals surface area contributed by atoms with Crippen molar-refractivity contribution in [2.45, 2.75) is 31.5 Å². The maximum Gasteiger partial charge on any atom is 0.391 e. The Morgan fingerprint density at radius 2 is 1.90 bits per heavy atom. The van der Waals surface area contributed by atoms with E-state index in [0.717, 1.165) is 6.42 Å². The predicted molar refractivity (Wildman–Crippen MR) is 73.5 cm³/mol. The lowest BCUT2D eigenvalue weighted by molar-refractivity contribution is -0.146. The zero-order chi connectivity index (χ0) is 15.8.